The molecule has 0 amide bonds. The Labute approximate surface area is 123 Å². The number of hydrogen-bond acceptors (Lipinski definition) is 4. The van der Waals surface area contributed by atoms with Crippen LogP contribution in [0.4, 0.5) is 0 Å². The van der Waals surface area contributed by atoms with E-state index in [9.17, 15) is 5.26 Å². The fourth-order valence-corrected chi connectivity index (χ4v) is 2.77. The molecule has 1 aromatic heterocycles. The average molecular weight is 286 g/mol. The van der Waals surface area contributed by atoms with Gasteiger partial charge < -0.3 is 4.74 Å². The second kappa shape index (κ2) is 5.64. The van der Waals surface area contributed by atoms with Crippen LogP contribution in [0, 0.1) is 18.3 Å². The standard InChI is InChI=1S/C16H18N2OS/c1-11-5-7-12(8-6-11)19-10-14-18-15(16(2,3)4)13(9-17)20-14/h5-8H,10H2,1-4H3. The predicted molar refractivity (Wildman–Crippen MR) is 81.0 cm³/mol. The van der Waals surface area contributed by atoms with E-state index in [4.69, 9.17) is 4.74 Å². The summed E-state index contributed by atoms with van der Waals surface area (Å²) in [5.74, 6) is 0.821. The summed E-state index contributed by atoms with van der Waals surface area (Å²) in [5, 5.41) is 10.0. The molecule has 4 heteroatoms. The van der Waals surface area contributed by atoms with Crippen LogP contribution in [-0.4, -0.2) is 4.98 Å². The average Bonchev–Trinajstić information content (AvgIpc) is 2.81. The van der Waals surface area contributed by atoms with Crippen LogP contribution in [0.5, 0.6) is 5.75 Å². The molecular formula is C16H18N2OS. The molecule has 0 N–H and O–H groups in total. The van der Waals surface area contributed by atoms with Crippen molar-refractivity contribution in [2.24, 2.45) is 0 Å². The normalized spacial score (nSPS) is 11.2. The molecule has 0 aliphatic carbocycles. The first kappa shape index (κ1) is 14.5. The molecule has 0 fully saturated rings. The zero-order chi connectivity index (χ0) is 14.8. The predicted octanol–water partition coefficient (Wildman–Crippen LogP) is 4.20. The van der Waals surface area contributed by atoms with E-state index in [0.29, 0.717) is 11.5 Å². The lowest BCUT2D eigenvalue weighted by Crippen LogP contribution is -2.13. The summed E-state index contributed by atoms with van der Waals surface area (Å²) in [6.45, 7) is 8.63. The van der Waals surface area contributed by atoms with Gasteiger partial charge in [-0.15, -0.1) is 11.3 Å². The lowest BCUT2D eigenvalue weighted by atomic mass is 9.91. The van der Waals surface area contributed by atoms with Crippen molar-refractivity contribution in [1.29, 1.82) is 5.26 Å². The number of aromatic nitrogens is 1. The third-order valence-electron chi connectivity index (χ3n) is 2.87. The summed E-state index contributed by atoms with van der Waals surface area (Å²) in [6, 6.07) is 10.1. The van der Waals surface area contributed by atoms with Gasteiger partial charge in [-0.05, 0) is 19.1 Å². The van der Waals surface area contributed by atoms with E-state index in [-0.39, 0.29) is 5.41 Å². The highest BCUT2D eigenvalue weighted by molar-refractivity contribution is 7.12. The van der Waals surface area contributed by atoms with E-state index >= 15 is 0 Å². The van der Waals surface area contributed by atoms with E-state index in [1.165, 1.54) is 16.9 Å². The van der Waals surface area contributed by atoms with Gasteiger partial charge in [-0.2, -0.15) is 5.26 Å². The molecule has 0 saturated heterocycles. The fourth-order valence-electron chi connectivity index (χ4n) is 1.79. The monoisotopic (exact) mass is 286 g/mol. The second-order valence-electron chi connectivity index (χ2n) is 5.75. The van der Waals surface area contributed by atoms with Crippen LogP contribution in [0.2, 0.25) is 0 Å². The number of hydrogen-bond donors (Lipinski definition) is 0. The van der Waals surface area contributed by atoms with Crippen molar-refractivity contribution in [3.8, 4) is 11.8 Å². The summed E-state index contributed by atoms with van der Waals surface area (Å²) >= 11 is 1.41. The van der Waals surface area contributed by atoms with Crippen LogP contribution in [-0.2, 0) is 12.0 Å². The van der Waals surface area contributed by atoms with Gasteiger partial charge in [0.25, 0.3) is 0 Å². The Hall–Kier alpha value is -1.86. The van der Waals surface area contributed by atoms with Crippen molar-refractivity contribution < 1.29 is 4.74 Å². The number of benzene rings is 1. The Balaban J connectivity index is 2.13. The number of nitrogens with zero attached hydrogens (tertiary/aromatic N) is 2. The molecule has 0 aliphatic rings. The molecule has 0 atom stereocenters. The first-order valence-corrected chi connectivity index (χ1v) is 7.31. The largest absolute Gasteiger partial charge is 0.486 e. The van der Waals surface area contributed by atoms with Gasteiger partial charge in [-0.25, -0.2) is 4.98 Å². The number of rotatable bonds is 3. The molecule has 0 saturated carbocycles. The molecular weight excluding hydrogens is 268 g/mol. The number of nitriles is 1. The Morgan fingerprint density at radius 2 is 1.90 bits per heavy atom. The maximum atomic E-state index is 9.19. The zero-order valence-electron chi connectivity index (χ0n) is 12.2. The van der Waals surface area contributed by atoms with Crippen molar-refractivity contribution in [3.05, 3.63) is 45.4 Å². The van der Waals surface area contributed by atoms with E-state index in [1.54, 1.807) is 0 Å². The lowest BCUT2D eigenvalue weighted by molar-refractivity contribution is 0.305. The minimum absolute atomic E-state index is 0.121. The summed E-state index contributed by atoms with van der Waals surface area (Å²) in [4.78, 5) is 5.24. The van der Waals surface area contributed by atoms with E-state index < -0.39 is 0 Å². The lowest BCUT2D eigenvalue weighted by Gasteiger charge is -2.15. The highest BCUT2D eigenvalue weighted by Crippen LogP contribution is 2.29. The van der Waals surface area contributed by atoms with E-state index in [1.807, 2.05) is 31.2 Å². The Morgan fingerprint density at radius 1 is 1.25 bits per heavy atom. The maximum absolute atomic E-state index is 9.19. The van der Waals surface area contributed by atoms with Gasteiger partial charge in [0.1, 0.15) is 28.3 Å². The molecule has 2 rings (SSSR count). The molecule has 2 aromatic rings. The molecule has 0 spiro atoms. The van der Waals surface area contributed by atoms with Gasteiger partial charge in [0.15, 0.2) is 0 Å². The second-order valence-corrected chi connectivity index (χ2v) is 6.83. The minimum atomic E-state index is -0.121. The van der Waals surface area contributed by atoms with Gasteiger partial charge in [-0.1, -0.05) is 38.5 Å². The quantitative estimate of drug-likeness (QED) is 0.849. The van der Waals surface area contributed by atoms with Crippen LogP contribution in [0.15, 0.2) is 24.3 Å². The Kier molecular flexibility index (Phi) is 4.10. The Morgan fingerprint density at radius 3 is 2.40 bits per heavy atom. The van der Waals surface area contributed by atoms with Gasteiger partial charge in [0, 0.05) is 5.41 Å². The summed E-state index contributed by atoms with van der Waals surface area (Å²) < 4.78 is 5.71. The number of aryl methyl sites for hydroxylation is 1. The van der Waals surface area contributed by atoms with Crippen molar-refractivity contribution >= 4 is 11.3 Å². The topological polar surface area (TPSA) is 45.9 Å². The summed E-state index contributed by atoms with van der Waals surface area (Å²) in [6.07, 6.45) is 0. The van der Waals surface area contributed by atoms with Gasteiger partial charge in [0.2, 0.25) is 0 Å². The van der Waals surface area contributed by atoms with Gasteiger partial charge in [-0.3, -0.25) is 0 Å². The fraction of sp³-hybridized carbons (Fsp3) is 0.375. The first-order chi connectivity index (χ1) is 9.40. The van der Waals surface area contributed by atoms with Crippen LogP contribution < -0.4 is 4.74 Å². The smallest absolute Gasteiger partial charge is 0.140 e. The molecule has 104 valence electrons. The van der Waals surface area contributed by atoms with E-state index in [0.717, 1.165) is 16.5 Å². The SMILES string of the molecule is Cc1ccc(OCc2nc(C(C)(C)C)c(C#N)s2)cc1. The highest BCUT2D eigenvalue weighted by Gasteiger charge is 2.23. The molecule has 1 aromatic carbocycles. The number of ether oxygens (including phenoxy) is 1. The van der Waals surface area contributed by atoms with Crippen molar-refractivity contribution in [3.63, 3.8) is 0 Å². The third-order valence-corrected chi connectivity index (χ3v) is 3.80. The number of thiazole rings is 1. The molecule has 1 heterocycles. The summed E-state index contributed by atoms with van der Waals surface area (Å²) in [5.41, 5.74) is 1.94. The molecule has 20 heavy (non-hydrogen) atoms. The van der Waals surface area contributed by atoms with Crippen molar-refractivity contribution in [2.45, 2.75) is 39.7 Å². The van der Waals surface area contributed by atoms with Gasteiger partial charge >= 0.3 is 0 Å². The van der Waals surface area contributed by atoms with Crippen LogP contribution in [0.1, 0.15) is 41.9 Å². The zero-order valence-corrected chi connectivity index (χ0v) is 13.0. The summed E-state index contributed by atoms with van der Waals surface area (Å²) in [7, 11) is 0. The molecule has 0 unspecified atom stereocenters. The van der Waals surface area contributed by atoms with Crippen LogP contribution in [0.25, 0.3) is 0 Å². The maximum Gasteiger partial charge on any atom is 0.140 e. The molecule has 0 aliphatic heterocycles. The van der Waals surface area contributed by atoms with Crippen LogP contribution >= 0.6 is 11.3 Å². The van der Waals surface area contributed by atoms with Crippen molar-refractivity contribution in [2.75, 3.05) is 0 Å². The molecule has 0 bridgehead atoms. The Bertz CT molecular complexity index is 630. The molecule has 3 nitrogen and oxygen atoms in total. The van der Waals surface area contributed by atoms with Gasteiger partial charge in [0.05, 0.1) is 5.69 Å². The van der Waals surface area contributed by atoms with E-state index in [2.05, 4.69) is 31.8 Å². The van der Waals surface area contributed by atoms with Crippen LogP contribution in [0.3, 0.4) is 0 Å². The first-order valence-electron chi connectivity index (χ1n) is 6.50. The van der Waals surface area contributed by atoms with Crippen molar-refractivity contribution in [1.82, 2.24) is 4.98 Å². The minimum Gasteiger partial charge on any atom is -0.486 e. The molecule has 0 radical (unpaired) electrons. The third kappa shape index (κ3) is 3.37. The highest BCUT2D eigenvalue weighted by atomic mass is 32.1.